The SMILES string of the molecule is CC(C)(NC(=O)N1CCCC1CC(=O)O)C(N)=O. The molecular formula is C11H19N3O4. The molecule has 18 heavy (non-hydrogen) atoms. The lowest BCUT2D eigenvalue weighted by Gasteiger charge is -2.29. The van der Waals surface area contributed by atoms with E-state index >= 15 is 0 Å². The number of hydrogen-bond donors (Lipinski definition) is 3. The van der Waals surface area contributed by atoms with Gasteiger partial charge in [0.25, 0.3) is 0 Å². The summed E-state index contributed by atoms with van der Waals surface area (Å²) in [7, 11) is 0. The fourth-order valence-electron chi connectivity index (χ4n) is 1.92. The van der Waals surface area contributed by atoms with Crippen LogP contribution in [0.3, 0.4) is 0 Å². The third kappa shape index (κ3) is 3.35. The van der Waals surface area contributed by atoms with Crippen LogP contribution in [0, 0.1) is 0 Å². The zero-order valence-electron chi connectivity index (χ0n) is 10.6. The molecule has 1 heterocycles. The molecule has 1 atom stereocenters. The number of carbonyl (C=O) groups is 3. The molecule has 0 aromatic rings. The minimum absolute atomic E-state index is 0.0789. The van der Waals surface area contributed by atoms with Crippen LogP contribution in [0.4, 0.5) is 4.79 Å². The Morgan fingerprint density at radius 1 is 1.44 bits per heavy atom. The Bertz CT molecular complexity index is 367. The van der Waals surface area contributed by atoms with Crippen molar-refractivity contribution in [2.24, 2.45) is 5.73 Å². The number of nitrogens with two attached hydrogens (primary N) is 1. The molecule has 0 spiro atoms. The lowest BCUT2D eigenvalue weighted by molar-refractivity contribution is -0.138. The molecule has 0 aliphatic carbocycles. The van der Waals surface area contributed by atoms with Crippen molar-refractivity contribution < 1.29 is 19.5 Å². The number of rotatable bonds is 4. The predicted octanol–water partition coefficient (Wildman–Crippen LogP) is -0.101. The van der Waals surface area contributed by atoms with Crippen LogP contribution < -0.4 is 11.1 Å². The van der Waals surface area contributed by atoms with Gasteiger partial charge in [-0.05, 0) is 26.7 Å². The van der Waals surface area contributed by atoms with Crippen LogP contribution in [0.1, 0.15) is 33.1 Å². The largest absolute Gasteiger partial charge is 0.481 e. The first kappa shape index (κ1) is 14.3. The highest BCUT2D eigenvalue weighted by Crippen LogP contribution is 2.20. The van der Waals surface area contributed by atoms with Gasteiger partial charge in [0.1, 0.15) is 5.54 Å². The smallest absolute Gasteiger partial charge is 0.318 e. The summed E-state index contributed by atoms with van der Waals surface area (Å²) in [4.78, 5) is 35.2. The van der Waals surface area contributed by atoms with E-state index < -0.39 is 23.4 Å². The van der Waals surface area contributed by atoms with E-state index in [0.717, 1.165) is 6.42 Å². The van der Waals surface area contributed by atoms with Crippen molar-refractivity contribution in [1.82, 2.24) is 10.2 Å². The quantitative estimate of drug-likeness (QED) is 0.652. The van der Waals surface area contributed by atoms with E-state index in [-0.39, 0.29) is 12.5 Å². The van der Waals surface area contributed by atoms with Gasteiger partial charge in [0.2, 0.25) is 5.91 Å². The van der Waals surface area contributed by atoms with Gasteiger partial charge in [-0.3, -0.25) is 9.59 Å². The van der Waals surface area contributed by atoms with Crippen molar-refractivity contribution >= 4 is 17.9 Å². The maximum absolute atomic E-state index is 12.0. The topological polar surface area (TPSA) is 113 Å². The lowest BCUT2D eigenvalue weighted by atomic mass is 10.1. The van der Waals surface area contributed by atoms with E-state index in [1.54, 1.807) is 0 Å². The van der Waals surface area contributed by atoms with Crippen molar-refractivity contribution in [2.45, 2.75) is 44.7 Å². The number of aliphatic carboxylic acids is 1. The predicted molar refractivity (Wildman–Crippen MR) is 63.8 cm³/mol. The molecule has 1 aliphatic heterocycles. The third-order valence-corrected chi connectivity index (χ3v) is 3.08. The molecular weight excluding hydrogens is 238 g/mol. The van der Waals surface area contributed by atoms with Crippen molar-refractivity contribution in [3.05, 3.63) is 0 Å². The van der Waals surface area contributed by atoms with Crippen molar-refractivity contribution in [3.63, 3.8) is 0 Å². The van der Waals surface area contributed by atoms with Gasteiger partial charge in [0, 0.05) is 12.6 Å². The second-order valence-corrected chi connectivity index (χ2v) is 5.01. The van der Waals surface area contributed by atoms with Crippen LogP contribution in [0.2, 0.25) is 0 Å². The average molecular weight is 257 g/mol. The Morgan fingerprint density at radius 3 is 2.56 bits per heavy atom. The van der Waals surface area contributed by atoms with Gasteiger partial charge in [-0.25, -0.2) is 4.79 Å². The maximum atomic E-state index is 12.0. The minimum Gasteiger partial charge on any atom is -0.481 e. The first-order valence-corrected chi connectivity index (χ1v) is 5.84. The van der Waals surface area contributed by atoms with Gasteiger partial charge < -0.3 is 21.1 Å². The van der Waals surface area contributed by atoms with Gasteiger partial charge in [-0.2, -0.15) is 0 Å². The van der Waals surface area contributed by atoms with Crippen LogP contribution in [-0.2, 0) is 9.59 Å². The molecule has 102 valence electrons. The summed E-state index contributed by atoms with van der Waals surface area (Å²) in [6.45, 7) is 3.52. The second-order valence-electron chi connectivity index (χ2n) is 5.01. The molecule has 7 nitrogen and oxygen atoms in total. The number of likely N-dealkylation sites (tertiary alicyclic amines) is 1. The molecule has 7 heteroatoms. The zero-order valence-corrected chi connectivity index (χ0v) is 10.6. The Hall–Kier alpha value is -1.79. The fourth-order valence-corrected chi connectivity index (χ4v) is 1.92. The highest BCUT2D eigenvalue weighted by molar-refractivity contribution is 5.89. The van der Waals surface area contributed by atoms with Gasteiger partial charge in [0.05, 0.1) is 6.42 Å². The van der Waals surface area contributed by atoms with Crippen LogP contribution >= 0.6 is 0 Å². The molecule has 4 N–H and O–H groups in total. The molecule has 1 unspecified atom stereocenters. The molecule has 0 radical (unpaired) electrons. The normalized spacial score (nSPS) is 19.7. The number of nitrogens with one attached hydrogen (secondary N) is 1. The van der Waals surface area contributed by atoms with Crippen molar-refractivity contribution in [3.8, 4) is 0 Å². The molecule has 0 bridgehead atoms. The molecule has 0 saturated carbocycles. The second kappa shape index (κ2) is 5.24. The summed E-state index contributed by atoms with van der Waals surface area (Å²) in [5, 5.41) is 11.3. The van der Waals surface area contributed by atoms with Gasteiger partial charge >= 0.3 is 12.0 Å². The number of carboxylic acid groups (broad SMARTS) is 1. The Labute approximate surface area is 105 Å². The van der Waals surface area contributed by atoms with E-state index in [4.69, 9.17) is 10.8 Å². The van der Waals surface area contributed by atoms with Crippen LogP contribution in [-0.4, -0.2) is 46.0 Å². The molecule has 1 saturated heterocycles. The molecule has 0 aromatic heterocycles. The van der Waals surface area contributed by atoms with Crippen LogP contribution in [0.25, 0.3) is 0 Å². The minimum atomic E-state index is -1.15. The summed E-state index contributed by atoms with van der Waals surface area (Å²) in [6.07, 6.45) is 1.35. The zero-order chi connectivity index (χ0) is 13.9. The van der Waals surface area contributed by atoms with E-state index in [1.807, 2.05) is 0 Å². The van der Waals surface area contributed by atoms with Crippen LogP contribution in [0.5, 0.6) is 0 Å². The maximum Gasteiger partial charge on any atom is 0.318 e. The number of nitrogens with zero attached hydrogens (tertiary/aromatic N) is 1. The lowest BCUT2D eigenvalue weighted by Crippen LogP contribution is -2.57. The Balaban J connectivity index is 2.66. The number of hydrogen-bond acceptors (Lipinski definition) is 3. The number of carboxylic acids is 1. The van der Waals surface area contributed by atoms with Crippen LogP contribution in [0.15, 0.2) is 0 Å². The Morgan fingerprint density at radius 2 is 2.06 bits per heavy atom. The van der Waals surface area contributed by atoms with E-state index in [0.29, 0.717) is 13.0 Å². The van der Waals surface area contributed by atoms with Crippen molar-refractivity contribution in [1.29, 1.82) is 0 Å². The number of carbonyl (C=O) groups excluding carboxylic acids is 2. The average Bonchev–Trinajstić information content (AvgIpc) is 2.63. The molecule has 1 rings (SSSR count). The monoisotopic (exact) mass is 257 g/mol. The van der Waals surface area contributed by atoms with E-state index in [1.165, 1.54) is 18.7 Å². The molecule has 1 fully saturated rings. The summed E-state index contributed by atoms with van der Waals surface area (Å²) in [5.41, 5.74) is 4.02. The number of primary amides is 1. The highest BCUT2D eigenvalue weighted by atomic mass is 16.4. The molecule has 0 aromatic carbocycles. The van der Waals surface area contributed by atoms with E-state index in [9.17, 15) is 14.4 Å². The number of urea groups is 1. The molecule has 3 amide bonds. The standard InChI is InChI=1S/C11H19N3O4/c1-11(2,9(12)17)13-10(18)14-5-3-4-7(14)6-8(15)16/h7H,3-6H2,1-2H3,(H2,12,17)(H,13,18)(H,15,16). The number of amides is 3. The van der Waals surface area contributed by atoms with Gasteiger partial charge in [-0.1, -0.05) is 0 Å². The molecule has 1 aliphatic rings. The summed E-state index contributed by atoms with van der Waals surface area (Å²) < 4.78 is 0. The van der Waals surface area contributed by atoms with E-state index in [2.05, 4.69) is 5.32 Å². The van der Waals surface area contributed by atoms with Crippen molar-refractivity contribution in [2.75, 3.05) is 6.54 Å². The van der Waals surface area contributed by atoms with Gasteiger partial charge in [0.15, 0.2) is 0 Å². The summed E-state index contributed by atoms with van der Waals surface area (Å²) in [6, 6.07) is -0.756. The fraction of sp³-hybridized carbons (Fsp3) is 0.727. The summed E-state index contributed by atoms with van der Waals surface area (Å²) >= 11 is 0. The third-order valence-electron chi connectivity index (χ3n) is 3.08. The summed E-state index contributed by atoms with van der Waals surface area (Å²) in [5.74, 6) is -1.57. The first-order chi connectivity index (χ1) is 8.24. The Kier molecular flexibility index (Phi) is 4.15. The highest BCUT2D eigenvalue weighted by Gasteiger charge is 2.34. The van der Waals surface area contributed by atoms with Gasteiger partial charge in [-0.15, -0.1) is 0 Å². The first-order valence-electron chi connectivity index (χ1n) is 5.84.